The van der Waals surface area contributed by atoms with E-state index >= 15 is 0 Å². The summed E-state index contributed by atoms with van der Waals surface area (Å²) in [6.07, 6.45) is 1.95. The van der Waals surface area contributed by atoms with E-state index in [1.807, 2.05) is 61.5 Å². The van der Waals surface area contributed by atoms with Gasteiger partial charge >= 0.3 is 0 Å². The van der Waals surface area contributed by atoms with Crippen LogP contribution in [0.15, 0.2) is 66.9 Å². The van der Waals surface area contributed by atoms with Crippen molar-refractivity contribution in [2.75, 3.05) is 25.6 Å². The largest absolute Gasteiger partial charge is 0.481 e. The quantitative estimate of drug-likeness (QED) is 0.198. The molecule has 0 aliphatic carbocycles. The van der Waals surface area contributed by atoms with Crippen LogP contribution in [0.1, 0.15) is 23.4 Å². The van der Waals surface area contributed by atoms with Crippen LogP contribution in [0.4, 0.5) is 11.5 Å². The Morgan fingerprint density at radius 1 is 0.977 bits per heavy atom. The molecule has 0 radical (unpaired) electrons. The lowest BCUT2D eigenvalue weighted by Gasteiger charge is -2.28. The third-order valence-corrected chi connectivity index (χ3v) is 8.14. The molecule has 9 nitrogen and oxygen atoms in total. The number of anilines is 2. The van der Waals surface area contributed by atoms with Gasteiger partial charge in [-0.25, -0.2) is 15.0 Å². The lowest BCUT2D eigenvalue weighted by molar-refractivity contribution is -0.0281. The number of aliphatic hydroxyl groups excluding tert-OH is 1. The van der Waals surface area contributed by atoms with Gasteiger partial charge in [0.05, 0.1) is 36.1 Å². The highest BCUT2D eigenvalue weighted by Crippen LogP contribution is 2.40. The molecule has 5 aromatic rings. The molecule has 0 unspecified atom stereocenters. The van der Waals surface area contributed by atoms with Crippen molar-refractivity contribution in [3.8, 4) is 28.3 Å². The number of pyridine rings is 2. The van der Waals surface area contributed by atoms with Gasteiger partial charge in [-0.2, -0.15) is 0 Å². The van der Waals surface area contributed by atoms with E-state index in [1.54, 1.807) is 13.3 Å². The Morgan fingerprint density at radius 2 is 1.79 bits per heavy atom. The highest BCUT2D eigenvalue weighted by molar-refractivity contribution is 6.36. The molecule has 43 heavy (non-hydrogen) atoms. The van der Waals surface area contributed by atoms with Gasteiger partial charge in [0.15, 0.2) is 5.82 Å². The van der Waals surface area contributed by atoms with Crippen molar-refractivity contribution in [3.05, 3.63) is 88.8 Å². The maximum atomic E-state index is 10.2. The molecule has 10 heteroatoms. The number of fused-ring (bicyclic) bond motifs is 1. The van der Waals surface area contributed by atoms with Gasteiger partial charge in [0.25, 0.3) is 0 Å². The van der Waals surface area contributed by atoms with E-state index in [0.717, 1.165) is 45.4 Å². The number of hydrogen-bond donors (Lipinski definition) is 3. The molecule has 1 saturated heterocycles. The minimum Gasteiger partial charge on any atom is -0.481 e. The number of hydrogen-bond acceptors (Lipinski definition) is 9. The minimum atomic E-state index is -0.535. The van der Waals surface area contributed by atoms with Gasteiger partial charge in [-0.15, -0.1) is 0 Å². The van der Waals surface area contributed by atoms with Crippen molar-refractivity contribution < 1.29 is 14.6 Å². The van der Waals surface area contributed by atoms with Gasteiger partial charge in [-0.3, -0.25) is 4.98 Å². The van der Waals surface area contributed by atoms with Crippen molar-refractivity contribution >= 4 is 34.1 Å². The molecule has 3 N–H and O–H groups in total. The summed E-state index contributed by atoms with van der Waals surface area (Å²) in [7, 11) is 1.61. The molecule has 1 aliphatic heterocycles. The molecule has 0 bridgehead atoms. The predicted molar refractivity (Wildman–Crippen MR) is 169 cm³/mol. The summed E-state index contributed by atoms with van der Waals surface area (Å²) >= 11 is 7.09. The third kappa shape index (κ3) is 6.03. The number of aliphatic hydroxyl groups is 1. The SMILES string of the molecule is COc1nc(-c2cccc(-c3cccc(Nc4nc(C)nc5cccnc45)c3C)c2Cl)ccc1CN[C@@H]1CCOC[C@@H]1O. The summed E-state index contributed by atoms with van der Waals surface area (Å²) in [6.45, 7) is 5.41. The summed E-state index contributed by atoms with van der Waals surface area (Å²) in [5, 5.41) is 17.7. The number of nitrogens with zero attached hydrogens (tertiary/aromatic N) is 4. The smallest absolute Gasteiger partial charge is 0.218 e. The molecule has 0 amide bonds. The number of halogens is 1. The zero-order valence-electron chi connectivity index (χ0n) is 24.3. The summed E-state index contributed by atoms with van der Waals surface area (Å²) in [4.78, 5) is 18.4. The molecule has 3 aromatic heterocycles. The molecule has 220 valence electrons. The third-order valence-electron chi connectivity index (χ3n) is 7.73. The Hall–Kier alpha value is -4.15. The maximum Gasteiger partial charge on any atom is 0.218 e. The lowest BCUT2D eigenvalue weighted by Crippen LogP contribution is -2.46. The van der Waals surface area contributed by atoms with E-state index in [2.05, 4.69) is 38.6 Å². The van der Waals surface area contributed by atoms with Crippen molar-refractivity contribution in [2.24, 2.45) is 0 Å². The topological polar surface area (TPSA) is 114 Å². The van der Waals surface area contributed by atoms with Crippen LogP contribution >= 0.6 is 11.6 Å². The van der Waals surface area contributed by atoms with Crippen LogP contribution in [0.3, 0.4) is 0 Å². The van der Waals surface area contributed by atoms with Crippen LogP contribution in [0, 0.1) is 13.8 Å². The highest BCUT2D eigenvalue weighted by atomic mass is 35.5. The normalized spacial score (nSPS) is 16.8. The van der Waals surface area contributed by atoms with Gasteiger partial charge in [0.2, 0.25) is 5.88 Å². The first-order valence-electron chi connectivity index (χ1n) is 14.2. The average Bonchev–Trinajstić information content (AvgIpc) is 3.02. The molecule has 6 rings (SSSR count). The molecular weight excluding hydrogens is 564 g/mol. The number of methoxy groups -OCH3 is 1. The molecule has 4 heterocycles. The minimum absolute atomic E-state index is 0.0360. The second-order valence-electron chi connectivity index (χ2n) is 10.5. The fraction of sp³-hybridized carbons (Fsp3) is 0.273. The van der Waals surface area contributed by atoms with E-state index in [4.69, 9.17) is 26.1 Å². The Balaban J connectivity index is 1.29. The number of nitrogens with one attached hydrogen (secondary N) is 2. The Morgan fingerprint density at radius 3 is 2.63 bits per heavy atom. The molecule has 0 saturated carbocycles. The summed E-state index contributed by atoms with van der Waals surface area (Å²) < 4.78 is 11.0. The first kappa shape index (κ1) is 28.9. The van der Waals surface area contributed by atoms with Crippen molar-refractivity contribution in [2.45, 2.75) is 39.0 Å². The number of rotatable bonds is 8. The van der Waals surface area contributed by atoms with Gasteiger partial charge < -0.3 is 25.2 Å². The first-order valence-corrected chi connectivity index (χ1v) is 14.6. The van der Waals surface area contributed by atoms with E-state index in [-0.39, 0.29) is 6.04 Å². The van der Waals surface area contributed by atoms with E-state index in [0.29, 0.717) is 53.5 Å². The average molecular weight is 597 g/mol. The molecular formula is C33H33ClN6O3. The van der Waals surface area contributed by atoms with Crippen LogP contribution in [-0.2, 0) is 11.3 Å². The van der Waals surface area contributed by atoms with Gasteiger partial charge in [0.1, 0.15) is 11.3 Å². The fourth-order valence-electron chi connectivity index (χ4n) is 5.43. The van der Waals surface area contributed by atoms with Crippen LogP contribution in [0.5, 0.6) is 5.88 Å². The van der Waals surface area contributed by atoms with E-state index in [1.165, 1.54) is 0 Å². The second-order valence-corrected chi connectivity index (χ2v) is 10.9. The lowest BCUT2D eigenvalue weighted by atomic mass is 9.96. The zero-order valence-corrected chi connectivity index (χ0v) is 25.0. The van der Waals surface area contributed by atoms with Crippen LogP contribution < -0.4 is 15.4 Å². The van der Waals surface area contributed by atoms with Crippen molar-refractivity contribution in [3.63, 3.8) is 0 Å². The Bertz CT molecular complexity index is 1780. The monoisotopic (exact) mass is 596 g/mol. The molecule has 1 fully saturated rings. The van der Waals surface area contributed by atoms with Gasteiger partial charge in [-0.05, 0) is 55.7 Å². The summed E-state index contributed by atoms with van der Waals surface area (Å²) in [5.41, 5.74) is 7.70. The number of ether oxygens (including phenoxy) is 2. The van der Waals surface area contributed by atoms with Crippen LogP contribution in [-0.4, -0.2) is 57.5 Å². The highest BCUT2D eigenvalue weighted by Gasteiger charge is 2.24. The van der Waals surface area contributed by atoms with Crippen LogP contribution in [0.2, 0.25) is 5.02 Å². The summed E-state index contributed by atoms with van der Waals surface area (Å²) in [6, 6.07) is 19.7. The zero-order chi connectivity index (χ0) is 29.9. The first-order chi connectivity index (χ1) is 20.9. The number of aromatic nitrogens is 4. The predicted octanol–water partition coefficient (Wildman–Crippen LogP) is 6.02. The maximum absolute atomic E-state index is 10.2. The van der Waals surface area contributed by atoms with Crippen molar-refractivity contribution in [1.29, 1.82) is 0 Å². The van der Waals surface area contributed by atoms with Crippen LogP contribution in [0.25, 0.3) is 33.4 Å². The standard InChI is InChI=1S/C33H33ClN6O3/c1-19-22(7-5-10-25(19)39-32-31-28(11-6-15-35-31)37-20(2)38-32)23-8-4-9-24(30(23)34)26-13-12-21(33(40-26)42-3)17-36-27-14-16-43-18-29(27)41/h4-13,15,27,29,36,41H,14,16-18H2,1-3H3,(H,37,38,39)/t27-,29+/m1/s1. The molecule has 2 atom stereocenters. The molecule has 1 aliphatic rings. The number of benzene rings is 2. The van der Waals surface area contributed by atoms with Crippen molar-refractivity contribution in [1.82, 2.24) is 25.3 Å². The van der Waals surface area contributed by atoms with E-state index in [9.17, 15) is 5.11 Å². The van der Waals surface area contributed by atoms with Gasteiger partial charge in [0, 0.05) is 47.8 Å². The Kier molecular flexibility index (Phi) is 8.49. The summed E-state index contributed by atoms with van der Waals surface area (Å²) in [5.74, 6) is 1.83. The Labute approximate surface area is 255 Å². The van der Waals surface area contributed by atoms with E-state index < -0.39 is 6.10 Å². The second kappa shape index (κ2) is 12.6. The van der Waals surface area contributed by atoms with Gasteiger partial charge in [-0.1, -0.05) is 48.0 Å². The molecule has 2 aromatic carbocycles. The number of aryl methyl sites for hydroxylation is 1. The fourth-order valence-corrected chi connectivity index (χ4v) is 5.76. The molecule has 0 spiro atoms.